The van der Waals surface area contributed by atoms with Gasteiger partial charge in [0.25, 0.3) is 0 Å². The first-order valence-corrected chi connectivity index (χ1v) is 7.87. The van der Waals surface area contributed by atoms with Crippen molar-refractivity contribution in [1.82, 2.24) is 0 Å². The molecule has 2 aliphatic carbocycles. The number of carbonyl (C=O) groups is 1. The number of benzene rings is 1. The van der Waals surface area contributed by atoms with Crippen LogP contribution in [0.2, 0.25) is 0 Å². The van der Waals surface area contributed by atoms with Crippen LogP contribution in [-0.4, -0.2) is 11.9 Å². The number of aryl methyl sites for hydroxylation is 1. The van der Waals surface area contributed by atoms with Gasteiger partial charge < -0.3 is 11.1 Å². The van der Waals surface area contributed by atoms with E-state index in [-0.39, 0.29) is 29.4 Å². The van der Waals surface area contributed by atoms with Crippen molar-refractivity contribution >= 4 is 11.6 Å². The number of hydrogen-bond acceptors (Lipinski definition) is 2. The molecule has 114 valence electrons. The minimum atomic E-state index is -0.365. The second kappa shape index (κ2) is 5.76. The number of anilines is 1. The predicted molar refractivity (Wildman–Crippen MR) is 81.3 cm³/mol. The molecule has 3 rings (SSSR count). The van der Waals surface area contributed by atoms with Gasteiger partial charge in [-0.25, -0.2) is 4.39 Å². The smallest absolute Gasteiger partial charge is 0.227 e. The maximum atomic E-state index is 13.8. The van der Waals surface area contributed by atoms with Crippen LogP contribution in [0.4, 0.5) is 10.1 Å². The van der Waals surface area contributed by atoms with Crippen molar-refractivity contribution < 1.29 is 9.18 Å². The highest BCUT2D eigenvalue weighted by molar-refractivity contribution is 5.92. The molecule has 1 aromatic carbocycles. The van der Waals surface area contributed by atoms with Crippen LogP contribution in [0.5, 0.6) is 0 Å². The number of amides is 1. The van der Waals surface area contributed by atoms with E-state index in [0.717, 1.165) is 31.2 Å². The Bertz CT molecular complexity index is 532. The molecule has 21 heavy (non-hydrogen) atoms. The highest BCUT2D eigenvalue weighted by Crippen LogP contribution is 2.42. The summed E-state index contributed by atoms with van der Waals surface area (Å²) >= 11 is 0. The lowest BCUT2D eigenvalue weighted by atomic mass is 9.65. The average molecular weight is 290 g/mol. The number of nitrogens with two attached hydrogens (primary N) is 1. The van der Waals surface area contributed by atoms with Crippen molar-refractivity contribution in [2.24, 2.45) is 23.5 Å². The molecule has 3 nitrogen and oxygen atoms in total. The van der Waals surface area contributed by atoms with Gasteiger partial charge in [-0.1, -0.05) is 12.5 Å². The van der Waals surface area contributed by atoms with Gasteiger partial charge in [-0.05, 0) is 62.1 Å². The summed E-state index contributed by atoms with van der Waals surface area (Å²) in [6.07, 6.45) is 5.17. The quantitative estimate of drug-likeness (QED) is 0.878. The fourth-order valence-corrected chi connectivity index (χ4v) is 3.96. The van der Waals surface area contributed by atoms with E-state index in [0.29, 0.717) is 11.8 Å². The van der Waals surface area contributed by atoms with Gasteiger partial charge in [0.1, 0.15) is 5.82 Å². The van der Waals surface area contributed by atoms with E-state index in [1.807, 2.05) is 13.0 Å². The largest absolute Gasteiger partial charge is 0.327 e. The molecular weight excluding hydrogens is 267 g/mol. The number of nitrogens with one attached hydrogen (secondary N) is 1. The van der Waals surface area contributed by atoms with Gasteiger partial charge >= 0.3 is 0 Å². The summed E-state index contributed by atoms with van der Waals surface area (Å²) in [7, 11) is 0. The van der Waals surface area contributed by atoms with Crippen LogP contribution in [0.15, 0.2) is 18.2 Å². The first kappa shape index (κ1) is 14.5. The van der Waals surface area contributed by atoms with Crippen LogP contribution >= 0.6 is 0 Å². The minimum absolute atomic E-state index is 0.0270. The molecule has 0 radical (unpaired) electrons. The van der Waals surface area contributed by atoms with E-state index >= 15 is 0 Å². The Morgan fingerprint density at radius 3 is 2.57 bits per heavy atom. The second-order valence-corrected chi connectivity index (χ2v) is 6.67. The number of rotatable bonds is 2. The highest BCUT2D eigenvalue weighted by atomic mass is 19.1. The third-order valence-corrected chi connectivity index (χ3v) is 5.17. The van der Waals surface area contributed by atoms with E-state index in [9.17, 15) is 9.18 Å². The molecule has 0 aromatic heterocycles. The average Bonchev–Trinajstić information content (AvgIpc) is 2.41. The fraction of sp³-hybridized carbons (Fsp3) is 0.588. The first-order chi connectivity index (χ1) is 10.0. The number of fused-ring (bicyclic) bond motifs is 2. The van der Waals surface area contributed by atoms with Gasteiger partial charge in [0.15, 0.2) is 0 Å². The SMILES string of the molecule is Cc1ccc(NC(=O)C2CC3CCCC(C2)C3N)c(F)c1. The molecule has 0 spiro atoms. The van der Waals surface area contributed by atoms with Crippen molar-refractivity contribution in [2.45, 2.75) is 45.1 Å². The number of carbonyl (C=O) groups excluding carboxylic acids is 1. The molecule has 4 heteroatoms. The van der Waals surface area contributed by atoms with Gasteiger partial charge in [0.05, 0.1) is 5.69 Å². The van der Waals surface area contributed by atoms with Crippen molar-refractivity contribution in [3.05, 3.63) is 29.6 Å². The summed E-state index contributed by atoms with van der Waals surface area (Å²) in [5, 5.41) is 2.76. The normalized spacial score (nSPS) is 31.8. The maximum Gasteiger partial charge on any atom is 0.227 e. The van der Waals surface area contributed by atoms with Crippen LogP contribution in [0.25, 0.3) is 0 Å². The van der Waals surface area contributed by atoms with Gasteiger partial charge in [0.2, 0.25) is 5.91 Å². The Hall–Kier alpha value is -1.42. The zero-order valence-electron chi connectivity index (χ0n) is 12.4. The highest BCUT2D eigenvalue weighted by Gasteiger charge is 2.40. The molecular formula is C17H23FN2O. The topological polar surface area (TPSA) is 55.1 Å². The third kappa shape index (κ3) is 2.95. The van der Waals surface area contributed by atoms with E-state index < -0.39 is 0 Å². The maximum absolute atomic E-state index is 13.8. The van der Waals surface area contributed by atoms with Crippen LogP contribution in [-0.2, 0) is 4.79 Å². The Kier molecular flexibility index (Phi) is 3.98. The summed E-state index contributed by atoms with van der Waals surface area (Å²) in [6, 6.07) is 5.14. The van der Waals surface area contributed by atoms with Crippen molar-refractivity contribution in [1.29, 1.82) is 0 Å². The first-order valence-electron chi connectivity index (χ1n) is 7.87. The zero-order valence-corrected chi connectivity index (χ0v) is 12.4. The molecule has 1 aromatic rings. The van der Waals surface area contributed by atoms with Crippen molar-refractivity contribution in [3.63, 3.8) is 0 Å². The molecule has 2 saturated carbocycles. The molecule has 2 aliphatic rings. The second-order valence-electron chi connectivity index (χ2n) is 6.67. The molecule has 2 unspecified atom stereocenters. The van der Waals surface area contributed by atoms with Crippen molar-refractivity contribution in [2.75, 3.05) is 5.32 Å². The predicted octanol–water partition coefficient (Wildman–Crippen LogP) is 3.23. The zero-order chi connectivity index (χ0) is 15.0. The van der Waals surface area contributed by atoms with E-state index in [4.69, 9.17) is 5.73 Å². The molecule has 0 saturated heterocycles. The summed E-state index contributed by atoms with van der Waals surface area (Å²) in [5.74, 6) is 0.464. The van der Waals surface area contributed by atoms with Gasteiger partial charge in [-0.2, -0.15) is 0 Å². The minimum Gasteiger partial charge on any atom is -0.327 e. The van der Waals surface area contributed by atoms with Crippen molar-refractivity contribution in [3.8, 4) is 0 Å². The van der Waals surface area contributed by atoms with Gasteiger partial charge in [0, 0.05) is 12.0 Å². The third-order valence-electron chi connectivity index (χ3n) is 5.17. The molecule has 2 bridgehead atoms. The summed E-state index contributed by atoms with van der Waals surface area (Å²) < 4.78 is 13.8. The number of hydrogen-bond donors (Lipinski definition) is 2. The lowest BCUT2D eigenvalue weighted by Gasteiger charge is -2.43. The van der Waals surface area contributed by atoms with Gasteiger partial charge in [-0.3, -0.25) is 4.79 Å². The molecule has 2 fully saturated rings. The van der Waals surface area contributed by atoms with E-state index in [1.54, 1.807) is 6.07 Å². The molecule has 3 N–H and O–H groups in total. The monoisotopic (exact) mass is 290 g/mol. The van der Waals surface area contributed by atoms with E-state index in [1.165, 1.54) is 12.5 Å². The summed E-state index contributed by atoms with van der Waals surface area (Å²) in [4.78, 5) is 12.4. The van der Waals surface area contributed by atoms with Crippen LogP contribution in [0.1, 0.15) is 37.7 Å². The summed E-state index contributed by atoms with van der Waals surface area (Å²) in [6.45, 7) is 1.83. The molecule has 2 atom stereocenters. The molecule has 0 aliphatic heterocycles. The molecule has 1 amide bonds. The Morgan fingerprint density at radius 2 is 1.95 bits per heavy atom. The van der Waals surface area contributed by atoms with Crippen LogP contribution in [0, 0.1) is 30.5 Å². The van der Waals surface area contributed by atoms with Crippen LogP contribution < -0.4 is 11.1 Å². The van der Waals surface area contributed by atoms with Crippen LogP contribution in [0.3, 0.4) is 0 Å². The Labute approximate surface area is 125 Å². The lowest BCUT2D eigenvalue weighted by Crippen LogP contribution is -2.48. The fourth-order valence-electron chi connectivity index (χ4n) is 3.96. The summed E-state index contributed by atoms with van der Waals surface area (Å²) in [5.41, 5.74) is 7.38. The Morgan fingerprint density at radius 1 is 1.29 bits per heavy atom. The number of halogens is 1. The van der Waals surface area contributed by atoms with E-state index in [2.05, 4.69) is 5.32 Å². The Balaban J connectivity index is 1.68. The van der Waals surface area contributed by atoms with Gasteiger partial charge in [-0.15, -0.1) is 0 Å². The molecule has 0 heterocycles. The standard InChI is InChI=1S/C17H23FN2O/c1-10-5-6-15(14(18)7-10)20-17(21)13-8-11-3-2-4-12(9-13)16(11)19/h5-7,11-13,16H,2-4,8-9,19H2,1H3,(H,20,21). The lowest BCUT2D eigenvalue weighted by molar-refractivity contribution is -0.122.